The standard InChI is InChI=1S/C25H31N3O4/c29-24(19-5-3-12-26-16-19)28-23(25(30)31)11-13-32-21-14-17(15-21)7-9-20-10-8-18-4-1-2-6-22(18)27-20/h3,5,8,10,12,16-17,21,23H,1-2,4,6-7,9,11,13-15H2,(H,28,29)(H,30,31). The lowest BCUT2D eigenvalue weighted by atomic mass is 9.79. The van der Waals surface area contributed by atoms with E-state index in [1.54, 1.807) is 18.3 Å². The van der Waals surface area contributed by atoms with Gasteiger partial charge in [-0.05, 0) is 81.0 Å². The molecule has 7 nitrogen and oxygen atoms in total. The molecule has 0 radical (unpaired) electrons. The minimum Gasteiger partial charge on any atom is -0.480 e. The minimum atomic E-state index is -1.06. The van der Waals surface area contributed by atoms with Crippen molar-refractivity contribution in [1.82, 2.24) is 15.3 Å². The van der Waals surface area contributed by atoms with Crippen LogP contribution in [-0.2, 0) is 28.8 Å². The molecule has 2 aliphatic rings. The van der Waals surface area contributed by atoms with Gasteiger partial charge in [0.2, 0.25) is 0 Å². The van der Waals surface area contributed by atoms with E-state index in [9.17, 15) is 14.7 Å². The summed E-state index contributed by atoms with van der Waals surface area (Å²) in [6.45, 7) is 0.314. The molecule has 1 atom stereocenters. The first-order valence-electron chi connectivity index (χ1n) is 11.6. The van der Waals surface area contributed by atoms with E-state index in [1.165, 1.54) is 42.4 Å². The zero-order valence-corrected chi connectivity index (χ0v) is 18.3. The van der Waals surface area contributed by atoms with Crippen LogP contribution in [0.25, 0.3) is 0 Å². The Kier molecular flexibility index (Phi) is 7.47. The Balaban J connectivity index is 1.14. The number of carboxylic acids is 1. The topological polar surface area (TPSA) is 101 Å². The molecule has 2 aromatic heterocycles. The summed E-state index contributed by atoms with van der Waals surface area (Å²) in [6, 6.07) is 6.71. The molecule has 7 heteroatoms. The van der Waals surface area contributed by atoms with Crippen LogP contribution in [-0.4, -0.2) is 45.7 Å². The van der Waals surface area contributed by atoms with Crippen molar-refractivity contribution >= 4 is 11.9 Å². The number of nitrogens with zero attached hydrogens (tertiary/aromatic N) is 2. The second-order valence-electron chi connectivity index (χ2n) is 8.88. The van der Waals surface area contributed by atoms with Gasteiger partial charge in [0, 0.05) is 36.8 Å². The van der Waals surface area contributed by atoms with Crippen LogP contribution >= 0.6 is 0 Å². The molecule has 2 heterocycles. The summed E-state index contributed by atoms with van der Waals surface area (Å²) in [7, 11) is 0. The van der Waals surface area contributed by atoms with Crippen molar-refractivity contribution in [2.24, 2.45) is 5.92 Å². The zero-order valence-electron chi connectivity index (χ0n) is 18.3. The number of hydrogen-bond acceptors (Lipinski definition) is 5. The van der Waals surface area contributed by atoms with Gasteiger partial charge >= 0.3 is 5.97 Å². The number of carboxylic acid groups (broad SMARTS) is 1. The van der Waals surface area contributed by atoms with Gasteiger partial charge < -0.3 is 15.2 Å². The van der Waals surface area contributed by atoms with E-state index in [-0.39, 0.29) is 12.5 Å². The fraction of sp³-hybridized carbons (Fsp3) is 0.520. The number of ether oxygens (including phenoxy) is 1. The summed E-state index contributed by atoms with van der Waals surface area (Å²) in [5, 5.41) is 12.0. The third-order valence-corrected chi connectivity index (χ3v) is 6.52. The molecule has 1 saturated carbocycles. The number of aromatic nitrogens is 2. The molecule has 32 heavy (non-hydrogen) atoms. The van der Waals surface area contributed by atoms with Crippen LogP contribution in [0.3, 0.4) is 0 Å². The van der Waals surface area contributed by atoms with Crippen LogP contribution in [0, 0.1) is 5.92 Å². The maximum absolute atomic E-state index is 12.2. The van der Waals surface area contributed by atoms with Crippen LogP contribution in [0.2, 0.25) is 0 Å². The molecule has 0 bridgehead atoms. The Morgan fingerprint density at radius 3 is 2.81 bits per heavy atom. The summed E-state index contributed by atoms with van der Waals surface area (Å²) < 4.78 is 5.86. The fourth-order valence-electron chi connectivity index (χ4n) is 4.51. The third-order valence-electron chi connectivity index (χ3n) is 6.52. The molecule has 0 saturated heterocycles. The number of carbonyl (C=O) groups is 2. The van der Waals surface area contributed by atoms with E-state index >= 15 is 0 Å². The Morgan fingerprint density at radius 2 is 2.03 bits per heavy atom. The lowest BCUT2D eigenvalue weighted by Crippen LogP contribution is -2.42. The molecule has 2 aliphatic carbocycles. The maximum Gasteiger partial charge on any atom is 0.326 e. The van der Waals surface area contributed by atoms with Gasteiger partial charge in [0.05, 0.1) is 11.7 Å². The van der Waals surface area contributed by atoms with Gasteiger partial charge in [-0.1, -0.05) is 6.07 Å². The average Bonchev–Trinajstić information content (AvgIpc) is 2.79. The summed E-state index contributed by atoms with van der Waals surface area (Å²) in [6.07, 6.45) is 12.3. The largest absolute Gasteiger partial charge is 0.480 e. The van der Waals surface area contributed by atoms with Crippen molar-refractivity contribution in [2.75, 3.05) is 6.61 Å². The van der Waals surface area contributed by atoms with E-state index in [0.717, 1.165) is 32.1 Å². The second kappa shape index (κ2) is 10.7. The van der Waals surface area contributed by atoms with Crippen LogP contribution < -0.4 is 5.32 Å². The van der Waals surface area contributed by atoms with E-state index < -0.39 is 17.9 Å². The smallest absolute Gasteiger partial charge is 0.326 e. The van der Waals surface area contributed by atoms with Gasteiger partial charge in [0.1, 0.15) is 6.04 Å². The highest BCUT2D eigenvalue weighted by molar-refractivity contribution is 5.96. The van der Waals surface area contributed by atoms with Gasteiger partial charge in [0.25, 0.3) is 5.91 Å². The number of carbonyl (C=O) groups excluding carboxylic acids is 1. The molecular formula is C25H31N3O4. The number of hydrogen-bond donors (Lipinski definition) is 2. The number of fused-ring (bicyclic) bond motifs is 1. The van der Waals surface area contributed by atoms with E-state index in [4.69, 9.17) is 9.72 Å². The van der Waals surface area contributed by atoms with Crippen molar-refractivity contribution in [3.63, 3.8) is 0 Å². The number of pyridine rings is 2. The van der Waals surface area contributed by atoms with Crippen LogP contribution in [0.1, 0.15) is 65.8 Å². The number of rotatable bonds is 10. The van der Waals surface area contributed by atoms with Crippen molar-refractivity contribution in [1.29, 1.82) is 0 Å². The van der Waals surface area contributed by atoms with Crippen molar-refractivity contribution < 1.29 is 19.4 Å². The molecular weight excluding hydrogens is 406 g/mol. The van der Waals surface area contributed by atoms with E-state index in [0.29, 0.717) is 18.1 Å². The molecule has 0 aliphatic heterocycles. The molecule has 2 aromatic rings. The Labute approximate surface area is 188 Å². The number of nitrogens with one attached hydrogen (secondary N) is 1. The van der Waals surface area contributed by atoms with Crippen LogP contribution in [0.4, 0.5) is 0 Å². The maximum atomic E-state index is 12.2. The SMILES string of the molecule is O=C(NC(CCOC1CC(CCc2ccc3c(n2)CCCC3)C1)C(=O)O)c1cccnc1. The van der Waals surface area contributed by atoms with Crippen LogP contribution in [0.5, 0.6) is 0 Å². The van der Waals surface area contributed by atoms with Gasteiger partial charge in [-0.2, -0.15) is 0 Å². The monoisotopic (exact) mass is 437 g/mol. The lowest BCUT2D eigenvalue weighted by molar-refractivity contribution is -0.140. The fourth-order valence-corrected chi connectivity index (χ4v) is 4.51. The zero-order chi connectivity index (χ0) is 22.3. The quantitative estimate of drug-likeness (QED) is 0.591. The lowest BCUT2D eigenvalue weighted by Gasteiger charge is -2.35. The molecule has 170 valence electrons. The van der Waals surface area contributed by atoms with Gasteiger partial charge in [0.15, 0.2) is 0 Å². The molecule has 1 amide bonds. The van der Waals surface area contributed by atoms with Gasteiger partial charge in [-0.25, -0.2) is 4.79 Å². The molecule has 1 unspecified atom stereocenters. The van der Waals surface area contributed by atoms with E-state index in [2.05, 4.69) is 22.4 Å². The normalized spacial score (nSPS) is 20.6. The number of aryl methyl sites for hydroxylation is 3. The number of amides is 1. The van der Waals surface area contributed by atoms with Crippen molar-refractivity contribution in [2.45, 2.75) is 69.9 Å². The highest BCUT2D eigenvalue weighted by Gasteiger charge is 2.30. The highest BCUT2D eigenvalue weighted by atomic mass is 16.5. The van der Waals surface area contributed by atoms with Gasteiger partial charge in [-0.3, -0.25) is 14.8 Å². The Bertz CT molecular complexity index is 928. The molecule has 1 fully saturated rings. The van der Waals surface area contributed by atoms with Crippen molar-refractivity contribution in [3.05, 3.63) is 59.2 Å². The van der Waals surface area contributed by atoms with Gasteiger partial charge in [-0.15, -0.1) is 0 Å². The molecule has 0 spiro atoms. The minimum absolute atomic E-state index is 0.181. The molecule has 2 N–H and O–H groups in total. The van der Waals surface area contributed by atoms with E-state index in [1.807, 2.05) is 0 Å². The predicted molar refractivity (Wildman–Crippen MR) is 119 cm³/mol. The Morgan fingerprint density at radius 1 is 1.19 bits per heavy atom. The Hall–Kier alpha value is -2.80. The second-order valence-corrected chi connectivity index (χ2v) is 8.88. The summed E-state index contributed by atoms with van der Waals surface area (Å²) in [5.74, 6) is -0.863. The van der Waals surface area contributed by atoms with Crippen LogP contribution in [0.15, 0.2) is 36.7 Å². The number of aliphatic carboxylic acids is 1. The van der Waals surface area contributed by atoms with Crippen molar-refractivity contribution in [3.8, 4) is 0 Å². The first-order valence-corrected chi connectivity index (χ1v) is 11.6. The summed E-state index contributed by atoms with van der Waals surface area (Å²) >= 11 is 0. The average molecular weight is 438 g/mol. The first-order chi connectivity index (χ1) is 15.6. The molecule has 0 aromatic carbocycles. The summed E-state index contributed by atoms with van der Waals surface area (Å²) in [5.41, 5.74) is 4.26. The predicted octanol–water partition coefficient (Wildman–Crippen LogP) is 3.36. The first kappa shape index (κ1) is 22.4. The third kappa shape index (κ3) is 5.91. The highest BCUT2D eigenvalue weighted by Crippen LogP contribution is 2.34. The summed E-state index contributed by atoms with van der Waals surface area (Å²) in [4.78, 5) is 32.4. The molecule has 4 rings (SSSR count).